The van der Waals surface area contributed by atoms with Gasteiger partial charge in [0.2, 0.25) is 0 Å². The van der Waals surface area contributed by atoms with Gasteiger partial charge >= 0.3 is 0 Å². The molecule has 2 aromatic rings. The number of carbonyl (C=O) groups excluding carboxylic acids is 1. The molecule has 1 unspecified atom stereocenters. The van der Waals surface area contributed by atoms with Crippen molar-refractivity contribution in [3.8, 4) is 0 Å². The summed E-state index contributed by atoms with van der Waals surface area (Å²) in [5.41, 5.74) is 1.33. The van der Waals surface area contributed by atoms with Crippen molar-refractivity contribution in [2.45, 2.75) is 6.10 Å². The molecule has 0 radical (unpaired) electrons. The average molecular weight is 293 g/mol. The number of aromatic amines is 1. The lowest BCUT2D eigenvalue weighted by Crippen LogP contribution is -2.42. The lowest BCUT2D eigenvalue weighted by Gasteiger charge is -2.32. The van der Waals surface area contributed by atoms with Gasteiger partial charge in [0.15, 0.2) is 5.69 Å². The van der Waals surface area contributed by atoms with Crippen molar-refractivity contribution in [1.82, 2.24) is 20.3 Å². The molecule has 7 heteroatoms. The Hall–Kier alpha value is -1.92. The van der Waals surface area contributed by atoms with E-state index in [0.29, 0.717) is 30.4 Å². The van der Waals surface area contributed by atoms with Crippen molar-refractivity contribution in [1.29, 1.82) is 0 Å². The topological polar surface area (TPSA) is 71.1 Å². The van der Waals surface area contributed by atoms with Gasteiger partial charge in [0.1, 0.15) is 6.10 Å². The lowest BCUT2D eigenvalue weighted by atomic mass is 10.1. The summed E-state index contributed by atoms with van der Waals surface area (Å²) in [6, 6.07) is 7.46. The third-order valence-electron chi connectivity index (χ3n) is 3.23. The zero-order valence-electron chi connectivity index (χ0n) is 10.6. The molecule has 6 nitrogen and oxygen atoms in total. The summed E-state index contributed by atoms with van der Waals surface area (Å²) in [6.45, 7) is 1.54. The molecule has 1 aromatic carbocycles. The zero-order chi connectivity index (χ0) is 13.9. The van der Waals surface area contributed by atoms with Crippen LogP contribution >= 0.6 is 11.6 Å². The van der Waals surface area contributed by atoms with Gasteiger partial charge in [-0.05, 0) is 17.7 Å². The second-order valence-corrected chi connectivity index (χ2v) is 4.95. The molecule has 0 spiro atoms. The third-order valence-corrected chi connectivity index (χ3v) is 3.48. The Morgan fingerprint density at radius 2 is 2.20 bits per heavy atom. The zero-order valence-corrected chi connectivity index (χ0v) is 11.4. The predicted octanol–water partition coefficient (Wildman–Crippen LogP) is 1.67. The number of nitrogens with one attached hydrogen (secondary N) is 1. The number of amides is 1. The Bertz CT molecular complexity index is 585. The van der Waals surface area contributed by atoms with Crippen molar-refractivity contribution < 1.29 is 9.53 Å². The number of morpholine rings is 1. The minimum atomic E-state index is -0.142. The van der Waals surface area contributed by atoms with Gasteiger partial charge in [-0.15, -0.1) is 0 Å². The van der Waals surface area contributed by atoms with Crippen LogP contribution in [0.1, 0.15) is 22.2 Å². The summed E-state index contributed by atoms with van der Waals surface area (Å²) in [5, 5.41) is 10.6. The number of nitrogens with zero attached hydrogens (tertiary/aromatic N) is 3. The van der Waals surface area contributed by atoms with E-state index < -0.39 is 0 Å². The van der Waals surface area contributed by atoms with Crippen LogP contribution in [0.4, 0.5) is 0 Å². The Morgan fingerprint density at radius 1 is 1.40 bits per heavy atom. The standard InChI is InChI=1S/C13H13ClN4O2/c14-10-3-1-9(2-4-10)12-8-18(5-6-20-12)13(19)11-7-15-17-16-11/h1-4,7,12H,5-6,8H2,(H,15,16,17). The van der Waals surface area contributed by atoms with Crippen LogP contribution in [0, 0.1) is 0 Å². The van der Waals surface area contributed by atoms with Gasteiger partial charge in [-0.3, -0.25) is 4.79 Å². The number of benzene rings is 1. The van der Waals surface area contributed by atoms with Crippen LogP contribution in [-0.4, -0.2) is 45.9 Å². The fraction of sp³-hybridized carbons (Fsp3) is 0.308. The van der Waals surface area contributed by atoms with Gasteiger partial charge < -0.3 is 9.64 Å². The summed E-state index contributed by atoms with van der Waals surface area (Å²) in [5.74, 6) is -0.138. The Morgan fingerprint density at radius 3 is 2.90 bits per heavy atom. The fourth-order valence-electron chi connectivity index (χ4n) is 2.18. The molecule has 1 aromatic heterocycles. The number of halogens is 1. The van der Waals surface area contributed by atoms with Crippen LogP contribution in [0.3, 0.4) is 0 Å². The highest BCUT2D eigenvalue weighted by Gasteiger charge is 2.27. The molecule has 1 N–H and O–H groups in total. The predicted molar refractivity (Wildman–Crippen MR) is 72.4 cm³/mol. The third kappa shape index (κ3) is 2.66. The van der Waals surface area contributed by atoms with Gasteiger partial charge in [0.25, 0.3) is 5.91 Å². The number of aromatic nitrogens is 3. The lowest BCUT2D eigenvalue weighted by molar-refractivity contribution is -0.0230. The monoisotopic (exact) mass is 292 g/mol. The highest BCUT2D eigenvalue weighted by Crippen LogP contribution is 2.24. The molecule has 0 aliphatic carbocycles. The largest absolute Gasteiger partial charge is 0.370 e. The van der Waals surface area contributed by atoms with Crippen molar-refractivity contribution in [3.05, 3.63) is 46.7 Å². The van der Waals surface area contributed by atoms with E-state index in [4.69, 9.17) is 16.3 Å². The average Bonchev–Trinajstić information content (AvgIpc) is 3.01. The minimum Gasteiger partial charge on any atom is -0.370 e. The van der Waals surface area contributed by atoms with E-state index in [9.17, 15) is 4.79 Å². The first-order valence-corrected chi connectivity index (χ1v) is 6.64. The first kappa shape index (κ1) is 13.1. The first-order valence-electron chi connectivity index (χ1n) is 6.26. The number of hydrogen-bond donors (Lipinski definition) is 1. The van der Waals surface area contributed by atoms with E-state index >= 15 is 0 Å². The molecule has 3 rings (SSSR count). The number of rotatable bonds is 2. The van der Waals surface area contributed by atoms with Gasteiger partial charge in [0, 0.05) is 11.6 Å². The molecule has 1 atom stereocenters. The van der Waals surface area contributed by atoms with Gasteiger partial charge in [-0.2, -0.15) is 15.4 Å². The molecule has 1 amide bonds. The SMILES string of the molecule is O=C(c1cn[nH]n1)N1CCOC(c2ccc(Cl)cc2)C1. The molecule has 1 fully saturated rings. The Kier molecular flexibility index (Phi) is 3.66. The number of carbonyl (C=O) groups is 1. The van der Waals surface area contributed by atoms with E-state index in [1.807, 2.05) is 24.3 Å². The Labute approximate surface area is 120 Å². The molecule has 0 saturated carbocycles. The molecule has 1 aliphatic heterocycles. The molecule has 20 heavy (non-hydrogen) atoms. The minimum absolute atomic E-state index is 0.138. The summed E-state index contributed by atoms with van der Waals surface area (Å²) in [4.78, 5) is 13.9. The maximum atomic E-state index is 12.2. The van der Waals surface area contributed by atoms with E-state index in [1.54, 1.807) is 4.90 Å². The van der Waals surface area contributed by atoms with E-state index in [-0.39, 0.29) is 12.0 Å². The number of hydrogen-bond acceptors (Lipinski definition) is 4. The van der Waals surface area contributed by atoms with Crippen molar-refractivity contribution in [3.63, 3.8) is 0 Å². The second-order valence-electron chi connectivity index (χ2n) is 4.52. The van der Waals surface area contributed by atoms with Crippen molar-refractivity contribution in [2.24, 2.45) is 0 Å². The fourth-order valence-corrected chi connectivity index (χ4v) is 2.31. The number of ether oxygens (including phenoxy) is 1. The van der Waals surface area contributed by atoms with E-state index in [1.165, 1.54) is 6.20 Å². The Balaban J connectivity index is 1.73. The molecular formula is C13H13ClN4O2. The molecule has 1 saturated heterocycles. The molecule has 104 valence electrons. The van der Waals surface area contributed by atoms with Crippen LogP contribution in [-0.2, 0) is 4.74 Å². The van der Waals surface area contributed by atoms with Crippen molar-refractivity contribution in [2.75, 3.05) is 19.7 Å². The summed E-state index contributed by atoms with van der Waals surface area (Å²) >= 11 is 5.87. The summed E-state index contributed by atoms with van der Waals surface area (Å²) < 4.78 is 5.72. The molecule has 2 heterocycles. The quantitative estimate of drug-likeness (QED) is 0.914. The van der Waals surface area contributed by atoms with Crippen LogP contribution in [0.15, 0.2) is 30.5 Å². The summed E-state index contributed by atoms with van der Waals surface area (Å²) in [7, 11) is 0. The van der Waals surface area contributed by atoms with Crippen LogP contribution < -0.4 is 0 Å². The smallest absolute Gasteiger partial charge is 0.276 e. The van der Waals surface area contributed by atoms with Gasteiger partial charge in [-0.1, -0.05) is 23.7 Å². The first-order chi connectivity index (χ1) is 9.74. The van der Waals surface area contributed by atoms with Crippen LogP contribution in [0.25, 0.3) is 0 Å². The molecular weight excluding hydrogens is 280 g/mol. The number of H-pyrrole nitrogens is 1. The van der Waals surface area contributed by atoms with Crippen molar-refractivity contribution >= 4 is 17.5 Å². The van der Waals surface area contributed by atoms with Gasteiger partial charge in [0.05, 0.1) is 19.3 Å². The van der Waals surface area contributed by atoms with E-state index in [0.717, 1.165) is 5.56 Å². The van der Waals surface area contributed by atoms with Gasteiger partial charge in [-0.25, -0.2) is 0 Å². The summed E-state index contributed by atoms with van der Waals surface area (Å²) in [6.07, 6.45) is 1.28. The maximum Gasteiger partial charge on any atom is 0.276 e. The van der Waals surface area contributed by atoms with Crippen LogP contribution in [0.5, 0.6) is 0 Å². The highest BCUT2D eigenvalue weighted by atomic mass is 35.5. The molecule has 1 aliphatic rings. The maximum absolute atomic E-state index is 12.2. The second kappa shape index (κ2) is 5.60. The molecule has 0 bridgehead atoms. The normalized spacial score (nSPS) is 19.1. The van der Waals surface area contributed by atoms with Crippen LogP contribution in [0.2, 0.25) is 5.02 Å². The highest BCUT2D eigenvalue weighted by molar-refractivity contribution is 6.30. The van der Waals surface area contributed by atoms with E-state index in [2.05, 4.69) is 15.4 Å².